The lowest BCUT2D eigenvalue weighted by molar-refractivity contribution is -0.0258. The number of carbonyl (C=O) groups is 1. The van der Waals surface area contributed by atoms with E-state index >= 15 is 0 Å². The Hall–Kier alpha value is -1.93. The summed E-state index contributed by atoms with van der Waals surface area (Å²) in [7, 11) is -1.18. The van der Waals surface area contributed by atoms with E-state index in [-0.39, 0.29) is 16.8 Å². The fourth-order valence-electron chi connectivity index (χ4n) is 2.16. The molecule has 0 saturated heterocycles. The predicted molar refractivity (Wildman–Crippen MR) is 95.7 cm³/mol. The zero-order valence-corrected chi connectivity index (χ0v) is 15.6. The Morgan fingerprint density at radius 2 is 1.84 bits per heavy atom. The third-order valence-corrected chi connectivity index (χ3v) is 5.64. The minimum atomic E-state index is -3.74. The third-order valence-electron chi connectivity index (χ3n) is 3.71. The van der Waals surface area contributed by atoms with E-state index in [0.717, 1.165) is 10.0 Å². The Labute approximate surface area is 152 Å². The molecule has 0 heterocycles. The summed E-state index contributed by atoms with van der Waals surface area (Å²) in [6.07, 6.45) is 0. The van der Waals surface area contributed by atoms with Crippen LogP contribution in [-0.2, 0) is 14.9 Å². The molecule has 2 rings (SSSR count). The largest absolute Gasteiger partial charge is 0.346 e. The molecule has 0 aromatic heterocycles. The normalized spacial score (nSPS) is 12.8. The van der Waals surface area contributed by atoms with Gasteiger partial charge in [0.05, 0.1) is 18.0 Å². The van der Waals surface area contributed by atoms with Crippen LogP contribution >= 0.6 is 11.6 Å². The van der Waals surface area contributed by atoms with Gasteiger partial charge >= 0.3 is 0 Å². The fourth-order valence-corrected chi connectivity index (χ4v) is 3.34. The van der Waals surface area contributed by atoms with E-state index < -0.39 is 10.0 Å². The number of hydroxylamine groups is 1. The van der Waals surface area contributed by atoms with Gasteiger partial charge in [0.1, 0.15) is 0 Å². The van der Waals surface area contributed by atoms with Gasteiger partial charge in [-0.2, -0.15) is 0 Å². The number of sulfonamides is 1. The molecule has 0 saturated carbocycles. The number of amides is 1. The highest BCUT2D eigenvalue weighted by Gasteiger charge is 2.21. The summed E-state index contributed by atoms with van der Waals surface area (Å²) < 4.78 is 25.0. The molecule has 0 aliphatic heterocycles. The van der Waals surface area contributed by atoms with Gasteiger partial charge in [0.15, 0.2) is 0 Å². The lowest BCUT2D eigenvalue weighted by Crippen LogP contribution is -2.27. The van der Waals surface area contributed by atoms with Crippen LogP contribution in [0, 0.1) is 0 Å². The van der Waals surface area contributed by atoms with Crippen LogP contribution in [0.25, 0.3) is 0 Å². The number of halogens is 1. The van der Waals surface area contributed by atoms with Crippen LogP contribution < -0.4 is 5.32 Å². The van der Waals surface area contributed by atoms with Crippen molar-refractivity contribution in [3.05, 3.63) is 64.7 Å². The number of rotatable bonds is 6. The van der Waals surface area contributed by atoms with Gasteiger partial charge in [0.2, 0.25) is 0 Å². The van der Waals surface area contributed by atoms with Crippen molar-refractivity contribution in [2.24, 2.45) is 0 Å². The summed E-state index contributed by atoms with van der Waals surface area (Å²) in [4.78, 5) is 17.1. The number of benzene rings is 2. The van der Waals surface area contributed by atoms with E-state index in [4.69, 9.17) is 16.4 Å². The highest BCUT2D eigenvalue weighted by Crippen LogP contribution is 2.19. The second kappa shape index (κ2) is 7.97. The molecule has 2 aromatic carbocycles. The second-order valence-corrected chi connectivity index (χ2v) is 7.74. The summed E-state index contributed by atoms with van der Waals surface area (Å²) in [6, 6.07) is 12.6. The predicted octanol–water partition coefficient (Wildman–Crippen LogP) is 3.01. The number of hydrogen-bond acceptors (Lipinski definition) is 4. The molecule has 0 spiro atoms. The van der Waals surface area contributed by atoms with Gasteiger partial charge in [-0.25, -0.2) is 8.42 Å². The van der Waals surface area contributed by atoms with E-state index in [2.05, 4.69) is 5.32 Å². The lowest BCUT2D eigenvalue weighted by Gasteiger charge is -2.16. The molecule has 0 aliphatic carbocycles. The Kier molecular flexibility index (Phi) is 6.18. The topological polar surface area (TPSA) is 75.7 Å². The molecular formula is C17H19ClN2O4S. The van der Waals surface area contributed by atoms with Gasteiger partial charge in [-0.3, -0.25) is 9.63 Å². The molecule has 25 heavy (non-hydrogen) atoms. The Balaban J connectivity index is 2.13. The van der Waals surface area contributed by atoms with E-state index in [1.165, 1.54) is 38.4 Å². The first kappa shape index (κ1) is 19.4. The fraction of sp³-hybridized carbons (Fsp3) is 0.235. The molecule has 0 unspecified atom stereocenters. The molecule has 0 radical (unpaired) electrons. The zero-order chi connectivity index (χ0) is 18.6. The molecule has 0 bridgehead atoms. The van der Waals surface area contributed by atoms with Gasteiger partial charge in [0.25, 0.3) is 15.9 Å². The number of hydrogen-bond donors (Lipinski definition) is 1. The molecule has 6 nitrogen and oxygen atoms in total. The van der Waals surface area contributed by atoms with E-state index in [9.17, 15) is 13.2 Å². The summed E-state index contributed by atoms with van der Waals surface area (Å²) in [5, 5.41) is 3.44. The van der Waals surface area contributed by atoms with Crippen molar-refractivity contribution in [2.75, 3.05) is 14.2 Å². The minimum absolute atomic E-state index is 0.0382. The molecule has 0 fully saturated rings. The summed E-state index contributed by atoms with van der Waals surface area (Å²) in [5.74, 6) is -0.309. The maximum atomic E-state index is 12.3. The molecule has 1 N–H and O–H groups in total. The highest BCUT2D eigenvalue weighted by molar-refractivity contribution is 7.89. The van der Waals surface area contributed by atoms with Crippen molar-refractivity contribution >= 4 is 27.5 Å². The Morgan fingerprint density at radius 1 is 1.20 bits per heavy atom. The molecule has 0 aliphatic rings. The molecule has 8 heteroatoms. The first-order chi connectivity index (χ1) is 11.8. The van der Waals surface area contributed by atoms with Crippen LogP contribution in [0.2, 0.25) is 5.02 Å². The highest BCUT2D eigenvalue weighted by atomic mass is 35.5. The van der Waals surface area contributed by atoms with Crippen LogP contribution in [-0.4, -0.2) is 33.0 Å². The quantitative estimate of drug-likeness (QED) is 0.779. The maximum Gasteiger partial charge on any atom is 0.264 e. The van der Waals surface area contributed by atoms with Gasteiger partial charge in [0, 0.05) is 17.6 Å². The van der Waals surface area contributed by atoms with Crippen molar-refractivity contribution in [1.29, 1.82) is 0 Å². The van der Waals surface area contributed by atoms with Gasteiger partial charge < -0.3 is 5.32 Å². The smallest absolute Gasteiger partial charge is 0.264 e. The van der Waals surface area contributed by atoms with E-state index in [1.807, 2.05) is 19.1 Å². The van der Waals surface area contributed by atoms with Crippen molar-refractivity contribution in [3.8, 4) is 0 Å². The first-order valence-electron chi connectivity index (χ1n) is 7.45. The Morgan fingerprint density at radius 3 is 2.40 bits per heavy atom. The van der Waals surface area contributed by atoms with Crippen LogP contribution in [0.4, 0.5) is 0 Å². The second-order valence-electron chi connectivity index (χ2n) is 5.37. The molecule has 1 atom stereocenters. The van der Waals surface area contributed by atoms with Crippen molar-refractivity contribution in [3.63, 3.8) is 0 Å². The molecule has 2 aromatic rings. The molecule has 134 valence electrons. The molecular weight excluding hydrogens is 364 g/mol. The number of nitrogens with one attached hydrogen (secondary N) is 1. The lowest BCUT2D eigenvalue weighted by atomic mass is 10.1. The average molecular weight is 383 g/mol. The van der Waals surface area contributed by atoms with Crippen LogP contribution in [0.15, 0.2) is 53.4 Å². The zero-order valence-electron chi connectivity index (χ0n) is 14.1. The van der Waals surface area contributed by atoms with Crippen molar-refractivity contribution in [1.82, 2.24) is 9.79 Å². The SMILES string of the molecule is CON(C)S(=O)(=O)c1ccc(C(=O)N[C@@H](C)c2cccc(Cl)c2)cc1. The average Bonchev–Trinajstić information content (AvgIpc) is 2.60. The van der Waals surface area contributed by atoms with Crippen LogP contribution in [0.3, 0.4) is 0 Å². The summed E-state index contributed by atoms with van der Waals surface area (Å²) in [5.41, 5.74) is 1.23. The standard InChI is InChI=1S/C17H19ClN2O4S/c1-12(14-5-4-6-15(18)11-14)19-17(21)13-7-9-16(10-8-13)25(22,23)20(2)24-3/h4-12H,1-3H3,(H,19,21)/t12-/m0/s1. The minimum Gasteiger partial charge on any atom is -0.346 e. The number of nitrogens with zero attached hydrogens (tertiary/aromatic N) is 1. The number of carbonyl (C=O) groups excluding carboxylic acids is 1. The first-order valence-corrected chi connectivity index (χ1v) is 9.27. The van der Waals surface area contributed by atoms with Gasteiger partial charge in [-0.1, -0.05) is 28.2 Å². The van der Waals surface area contributed by atoms with Gasteiger partial charge in [-0.05, 0) is 48.9 Å². The summed E-state index contributed by atoms with van der Waals surface area (Å²) in [6.45, 7) is 1.84. The van der Waals surface area contributed by atoms with Crippen LogP contribution in [0.1, 0.15) is 28.9 Å². The van der Waals surface area contributed by atoms with E-state index in [0.29, 0.717) is 10.6 Å². The van der Waals surface area contributed by atoms with E-state index in [1.54, 1.807) is 12.1 Å². The van der Waals surface area contributed by atoms with Crippen LogP contribution in [0.5, 0.6) is 0 Å². The van der Waals surface area contributed by atoms with Crippen molar-refractivity contribution < 1.29 is 18.0 Å². The maximum absolute atomic E-state index is 12.3. The molecule has 1 amide bonds. The van der Waals surface area contributed by atoms with Gasteiger partial charge in [-0.15, -0.1) is 0 Å². The monoisotopic (exact) mass is 382 g/mol. The Bertz CT molecular complexity index is 853. The third kappa shape index (κ3) is 4.58. The van der Waals surface area contributed by atoms with Crippen molar-refractivity contribution in [2.45, 2.75) is 17.9 Å². The summed E-state index contributed by atoms with van der Waals surface area (Å²) >= 11 is 5.96.